The number of benzene rings is 2. The van der Waals surface area contributed by atoms with Crippen molar-refractivity contribution < 1.29 is 18.7 Å². The SMILES string of the molecule is CCOc1ccc(C=CC(=O)c2cc3ccc(OC)cc3oc2=O)cc1. The summed E-state index contributed by atoms with van der Waals surface area (Å²) in [6.07, 6.45) is 3.01. The second-order valence-electron chi connectivity index (χ2n) is 5.55. The highest BCUT2D eigenvalue weighted by molar-refractivity contribution is 6.07. The van der Waals surface area contributed by atoms with Crippen LogP contribution >= 0.6 is 0 Å². The summed E-state index contributed by atoms with van der Waals surface area (Å²) >= 11 is 0. The van der Waals surface area contributed by atoms with E-state index in [1.807, 2.05) is 31.2 Å². The maximum Gasteiger partial charge on any atom is 0.347 e. The van der Waals surface area contributed by atoms with Crippen molar-refractivity contribution in [2.45, 2.75) is 6.92 Å². The molecule has 2 aromatic carbocycles. The van der Waals surface area contributed by atoms with E-state index < -0.39 is 11.4 Å². The Labute approximate surface area is 150 Å². The number of ether oxygens (including phenoxy) is 2. The van der Waals surface area contributed by atoms with Crippen LogP contribution in [0.3, 0.4) is 0 Å². The van der Waals surface area contributed by atoms with E-state index in [2.05, 4.69) is 0 Å². The smallest absolute Gasteiger partial charge is 0.347 e. The van der Waals surface area contributed by atoms with Crippen LogP contribution in [0.1, 0.15) is 22.8 Å². The third-order valence-electron chi connectivity index (χ3n) is 3.83. The van der Waals surface area contributed by atoms with Gasteiger partial charge in [-0.05, 0) is 48.9 Å². The molecule has 132 valence electrons. The molecule has 0 aliphatic rings. The van der Waals surface area contributed by atoms with Crippen molar-refractivity contribution >= 4 is 22.8 Å². The van der Waals surface area contributed by atoms with E-state index in [0.717, 1.165) is 11.3 Å². The quantitative estimate of drug-likeness (QED) is 0.380. The number of rotatable bonds is 6. The van der Waals surface area contributed by atoms with E-state index in [1.54, 1.807) is 24.3 Å². The fourth-order valence-electron chi connectivity index (χ4n) is 2.49. The van der Waals surface area contributed by atoms with Crippen molar-refractivity contribution in [2.24, 2.45) is 0 Å². The lowest BCUT2D eigenvalue weighted by Crippen LogP contribution is -2.11. The van der Waals surface area contributed by atoms with E-state index in [1.165, 1.54) is 19.3 Å². The normalized spacial score (nSPS) is 11.0. The van der Waals surface area contributed by atoms with Crippen molar-refractivity contribution in [1.29, 1.82) is 0 Å². The summed E-state index contributed by atoms with van der Waals surface area (Å²) in [6, 6.07) is 14.0. The topological polar surface area (TPSA) is 65.7 Å². The first-order valence-corrected chi connectivity index (χ1v) is 8.18. The molecule has 0 bridgehead atoms. The molecule has 0 aliphatic carbocycles. The standard InChI is InChI=1S/C21H18O5/c1-3-25-16-8-4-14(5-9-16)6-11-19(22)18-12-15-7-10-17(24-2)13-20(15)26-21(18)23/h4-13H,3H2,1-2H3. The molecule has 5 heteroatoms. The van der Waals surface area contributed by atoms with Crippen LogP contribution in [0.4, 0.5) is 0 Å². The average molecular weight is 350 g/mol. The predicted octanol–water partition coefficient (Wildman–Crippen LogP) is 4.10. The fraction of sp³-hybridized carbons (Fsp3) is 0.143. The molecule has 3 aromatic rings. The summed E-state index contributed by atoms with van der Waals surface area (Å²) in [7, 11) is 1.53. The zero-order valence-electron chi connectivity index (χ0n) is 14.5. The molecule has 0 amide bonds. The number of allylic oxidation sites excluding steroid dienone is 1. The van der Waals surface area contributed by atoms with Crippen LogP contribution < -0.4 is 15.1 Å². The van der Waals surface area contributed by atoms with Gasteiger partial charge < -0.3 is 13.9 Å². The van der Waals surface area contributed by atoms with Crippen LogP contribution in [-0.4, -0.2) is 19.5 Å². The van der Waals surface area contributed by atoms with Crippen molar-refractivity contribution in [3.8, 4) is 11.5 Å². The molecule has 1 heterocycles. The van der Waals surface area contributed by atoms with Gasteiger partial charge in [-0.3, -0.25) is 4.79 Å². The monoisotopic (exact) mass is 350 g/mol. The number of carbonyl (C=O) groups excluding carboxylic acids is 1. The van der Waals surface area contributed by atoms with Gasteiger partial charge in [0.2, 0.25) is 0 Å². The van der Waals surface area contributed by atoms with Crippen molar-refractivity contribution in [3.05, 3.63) is 76.2 Å². The number of ketones is 1. The van der Waals surface area contributed by atoms with Crippen LogP contribution in [0.25, 0.3) is 17.0 Å². The number of hydrogen-bond acceptors (Lipinski definition) is 5. The summed E-state index contributed by atoms with van der Waals surface area (Å²) in [6.45, 7) is 2.51. The Hall–Kier alpha value is -3.34. The highest BCUT2D eigenvalue weighted by Crippen LogP contribution is 2.20. The zero-order chi connectivity index (χ0) is 18.5. The molecule has 0 saturated carbocycles. The number of carbonyl (C=O) groups is 1. The van der Waals surface area contributed by atoms with E-state index in [0.29, 0.717) is 23.3 Å². The molecular weight excluding hydrogens is 332 g/mol. The maximum absolute atomic E-state index is 12.4. The maximum atomic E-state index is 12.4. The molecular formula is C21H18O5. The van der Waals surface area contributed by atoms with E-state index >= 15 is 0 Å². The van der Waals surface area contributed by atoms with Gasteiger partial charge in [0, 0.05) is 11.5 Å². The minimum absolute atomic E-state index is 0.00940. The molecule has 0 fully saturated rings. The van der Waals surface area contributed by atoms with Gasteiger partial charge in [0.15, 0.2) is 5.78 Å². The molecule has 0 N–H and O–H groups in total. The van der Waals surface area contributed by atoms with Crippen molar-refractivity contribution in [2.75, 3.05) is 13.7 Å². The molecule has 1 aromatic heterocycles. The predicted molar refractivity (Wildman–Crippen MR) is 100 cm³/mol. The van der Waals surface area contributed by atoms with Crippen LogP contribution in [0, 0.1) is 0 Å². The second kappa shape index (κ2) is 7.70. The second-order valence-corrected chi connectivity index (χ2v) is 5.55. The summed E-state index contributed by atoms with van der Waals surface area (Å²) in [4.78, 5) is 24.5. The van der Waals surface area contributed by atoms with Gasteiger partial charge in [-0.1, -0.05) is 18.2 Å². The minimum Gasteiger partial charge on any atom is -0.497 e. The third kappa shape index (κ3) is 3.83. The largest absolute Gasteiger partial charge is 0.497 e. The highest BCUT2D eigenvalue weighted by atomic mass is 16.5. The molecule has 3 rings (SSSR count). The highest BCUT2D eigenvalue weighted by Gasteiger charge is 2.11. The minimum atomic E-state index is -0.674. The Morgan fingerprint density at radius 2 is 1.81 bits per heavy atom. The van der Waals surface area contributed by atoms with Gasteiger partial charge in [0.25, 0.3) is 0 Å². The Kier molecular flexibility index (Phi) is 5.17. The Morgan fingerprint density at radius 3 is 2.50 bits per heavy atom. The first-order valence-electron chi connectivity index (χ1n) is 8.18. The van der Waals surface area contributed by atoms with E-state index in [4.69, 9.17) is 13.9 Å². The number of methoxy groups -OCH3 is 1. The molecule has 0 aliphatic heterocycles. The lowest BCUT2D eigenvalue weighted by atomic mass is 10.1. The van der Waals surface area contributed by atoms with Gasteiger partial charge in [-0.2, -0.15) is 0 Å². The summed E-state index contributed by atoms with van der Waals surface area (Å²) in [5.74, 6) is 0.932. The fourth-order valence-corrected chi connectivity index (χ4v) is 2.49. The van der Waals surface area contributed by atoms with Crippen LogP contribution in [0.15, 0.2) is 63.8 Å². The molecule has 0 radical (unpaired) electrons. The molecule has 5 nitrogen and oxygen atoms in total. The van der Waals surface area contributed by atoms with Gasteiger partial charge in [0.1, 0.15) is 22.6 Å². The van der Waals surface area contributed by atoms with Crippen LogP contribution in [0.2, 0.25) is 0 Å². The van der Waals surface area contributed by atoms with Gasteiger partial charge in [-0.15, -0.1) is 0 Å². The first-order chi connectivity index (χ1) is 12.6. The van der Waals surface area contributed by atoms with Crippen molar-refractivity contribution in [3.63, 3.8) is 0 Å². The average Bonchev–Trinajstić information content (AvgIpc) is 2.66. The van der Waals surface area contributed by atoms with Crippen molar-refractivity contribution in [1.82, 2.24) is 0 Å². The number of fused-ring (bicyclic) bond motifs is 1. The summed E-state index contributed by atoms with van der Waals surface area (Å²) in [5, 5.41) is 0.656. The van der Waals surface area contributed by atoms with E-state index in [9.17, 15) is 9.59 Å². The Bertz CT molecular complexity index is 1010. The first kappa shape index (κ1) is 17.5. The van der Waals surface area contributed by atoms with Crippen LogP contribution in [0.5, 0.6) is 11.5 Å². The molecule has 0 saturated heterocycles. The summed E-state index contributed by atoms with van der Waals surface area (Å²) in [5.41, 5.74) is 0.523. The Morgan fingerprint density at radius 1 is 1.08 bits per heavy atom. The molecule has 0 atom stereocenters. The molecule has 0 spiro atoms. The number of hydrogen-bond donors (Lipinski definition) is 0. The van der Waals surface area contributed by atoms with Gasteiger partial charge in [-0.25, -0.2) is 4.79 Å². The van der Waals surface area contributed by atoms with Gasteiger partial charge in [0.05, 0.1) is 13.7 Å². The Balaban J connectivity index is 1.84. The van der Waals surface area contributed by atoms with Gasteiger partial charge >= 0.3 is 5.63 Å². The molecule has 26 heavy (non-hydrogen) atoms. The zero-order valence-corrected chi connectivity index (χ0v) is 14.5. The lowest BCUT2D eigenvalue weighted by Gasteiger charge is -2.03. The van der Waals surface area contributed by atoms with E-state index in [-0.39, 0.29) is 5.56 Å². The lowest BCUT2D eigenvalue weighted by molar-refractivity contribution is 0.104. The summed E-state index contributed by atoms with van der Waals surface area (Å²) < 4.78 is 15.7. The third-order valence-corrected chi connectivity index (χ3v) is 3.83. The van der Waals surface area contributed by atoms with Crippen LogP contribution in [-0.2, 0) is 0 Å². The molecule has 0 unspecified atom stereocenters.